The molecule has 0 aromatic carbocycles. The lowest BCUT2D eigenvalue weighted by Gasteiger charge is -2.34. The van der Waals surface area contributed by atoms with E-state index in [1.54, 1.807) is 7.05 Å². The van der Waals surface area contributed by atoms with Crippen LogP contribution < -0.4 is 10.6 Å². The van der Waals surface area contributed by atoms with Gasteiger partial charge in [-0.05, 0) is 18.3 Å². The average Bonchev–Trinajstić information content (AvgIpc) is 2.43. The molecule has 7 nitrogen and oxygen atoms in total. The molecule has 20 heavy (non-hydrogen) atoms. The molecule has 1 saturated carbocycles. The molecule has 0 saturated heterocycles. The zero-order valence-corrected chi connectivity index (χ0v) is 12.1. The fraction of sp³-hybridized carbons (Fsp3) is 0.692. The fourth-order valence-corrected chi connectivity index (χ4v) is 2.80. The first-order valence-corrected chi connectivity index (χ1v) is 6.98. The molecule has 1 fully saturated rings. The second-order valence-electron chi connectivity index (χ2n) is 5.44. The molecule has 0 spiro atoms. The number of hydrogen-bond donors (Lipinski definition) is 2. The van der Waals surface area contributed by atoms with Gasteiger partial charge in [0.2, 0.25) is 11.6 Å². The maximum Gasteiger partial charge on any atom is 0.353 e. The zero-order chi connectivity index (χ0) is 14.7. The van der Waals surface area contributed by atoms with Gasteiger partial charge in [0, 0.05) is 13.1 Å². The highest BCUT2D eigenvalue weighted by atomic mass is 16.6. The molecule has 110 valence electrons. The first-order chi connectivity index (χ1) is 9.54. The molecule has 1 heterocycles. The van der Waals surface area contributed by atoms with E-state index in [1.165, 1.54) is 12.7 Å². The van der Waals surface area contributed by atoms with Crippen molar-refractivity contribution in [3.8, 4) is 0 Å². The van der Waals surface area contributed by atoms with E-state index in [9.17, 15) is 10.1 Å². The first kappa shape index (κ1) is 14.5. The van der Waals surface area contributed by atoms with E-state index in [2.05, 4.69) is 34.4 Å². The third kappa shape index (κ3) is 2.81. The number of anilines is 2. The van der Waals surface area contributed by atoms with Gasteiger partial charge in [0.15, 0.2) is 0 Å². The summed E-state index contributed by atoms with van der Waals surface area (Å²) < 4.78 is 0. The predicted octanol–water partition coefficient (Wildman–Crippen LogP) is 2.66. The van der Waals surface area contributed by atoms with Crippen LogP contribution in [-0.4, -0.2) is 28.0 Å². The van der Waals surface area contributed by atoms with Crippen molar-refractivity contribution in [3.63, 3.8) is 0 Å². The SMILES string of the molecule is CNc1ncnc(NC2CCCC(C)C2C)c1[N+](=O)[O-]. The van der Waals surface area contributed by atoms with Crippen LogP contribution in [0.1, 0.15) is 33.1 Å². The molecule has 2 rings (SSSR count). The van der Waals surface area contributed by atoms with Crippen LogP contribution in [0.3, 0.4) is 0 Å². The summed E-state index contributed by atoms with van der Waals surface area (Å²) in [6.07, 6.45) is 4.72. The number of hydrogen-bond acceptors (Lipinski definition) is 6. The predicted molar refractivity (Wildman–Crippen MR) is 77.8 cm³/mol. The molecule has 0 radical (unpaired) electrons. The molecule has 0 aliphatic heterocycles. The van der Waals surface area contributed by atoms with Gasteiger partial charge in [-0.3, -0.25) is 10.1 Å². The first-order valence-electron chi connectivity index (χ1n) is 6.98. The Hall–Kier alpha value is -1.92. The van der Waals surface area contributed by atoms with Crippen LogP contribution in [0.5, 0.6) is 0 Å². The van der Waals surface area contributed by atoms with Gasteiger partial charge in [-0.25, -0.2) is 9.97 Å². The summed E-state index contributed by atoms with van der Waals surface area (Å²) in [6, 6.07) is 0.219. The minimum Gasteiger partial charge on any atom is -0.367 e. The molecule has 2 N–H and O–H groups in total. The summed E-state index contributed by atoms with van der Waals surface area (Å²) in [5.74, 6) is 1.63. The molecule has 3 atom stereocenters. The van der Waals surface area contributed by atoms with Crippen molar-refractivity contribution in [2.75, 3.05) is 17.7 Å². The van der Waals surface area contributed by atoms with E-state index >= 15 is 0 Å². The van der Waals surface area contributed by atoms with Gasteiger partial charge in [-0.15, -0.1) is 0 Å². The summed E-state index contributed by atoms with van der Waals surface area (Å²) in [7, 11) is 1.62. The maximum absolute atomic E-state index is 11.2. The zero-order valence-electron chi connectivity index (χ0n) is 12.1. The lowest BCUT2D eigenvalue weighted by atomic mass is 9.78. The Balaban J connectivity index is 2.27. The fourth-order valence-electron chi connectivity index (χ4n) is 2.80. The number of nitro groups is 1. The van der Waals surface area contributed by atoms with E-state index in [4.69, 9.17) is 0 Å². The van der Waals surface area contributed by atoms with Crippen molar-refractivity contribution in [2.45, 2.75) is 39.2 Å². The van der Waals surface area contributed by atoms with Crippen LogP contribution in [-0.2, 0) is 0 Å². The molecular formula is C13H21N5O2. The standard InChI is InChI=1S/C13H21N5O2/c1-8-5-4-6-10(9(8)2)17-13-11(18(19)20)12(14-3)15-7-16-13/h7-10H,4-6H2,1-3H3,(H2,14,15,16,17). The van der Waals surface area contributed by atoms with E-state index in [0.29, 0.717) is 17.7 Å². The van der Waals surface area contributed by atoms with Gasteiger partial charge in [0.05, 0.1) is 4.92 Å². The minimum atomic E-state index is -0.439. The van der Waals surface area contributed by atoms with Crippen LogP contribution in [0.25, 0.3) is 0 Å². The normalized spacial score (nSPS) is 26.1. The Morgan fingerprint density at radius 2 is 2.00 bits per heavy atom. The Bertz CT molecular complexity index is 494. The minimum absolute atomic E-state index is 0.0829. The number of rotatable bonds is 4. The van der Waals surface area contributed by atoms with Gasteiger partial charge in [0.25, 0.3) is 0 Å². The van der Waals surface area contributed by atoms with Gasteiger partial charge in [-0.2, -0.15) is 0 Å². The lowest BCUT2D eigenvalue weighted by molar-refractivity contribution is -0.383. The molecule has 1 aliphatic rings. The summed E-state index contributed by atoms with van der Waals surface area (Å²) >= 11 is 0. The van der Waals surface area contributed by atoms with Crippen molar-refractivity contribution in [2.24, 2.45) is 11.8 Å². The lowest BCUT2D eigenvalue weighted by Crippen LogP contribution is -2.35. The van der Waals surface area contributed by atoms with Gasteiger partial charge in [-0.1, -0.05) is 26.7 Å². The summed E-state index contributed by atoms with van der Waals surface area (Å²) in [5, 5.41) is 17.2. The van der Waals surface area contributed by atoms with Crippen molar-refractivity contribution < 1.29 is 4.92 Å². The number of nitrogens with one attached hydrogen (secondary N) is 2. The Morgan fingerprint density at radius 1 is 1.30 bits per heavy atom. The van der Waals surface area contributed by atoms with Gasteiger partial charge < -0.3 is 10.6 Å². The Morgan fingerprint density at radius 3 is 2.65 bits per heavy atom. The van der Waals surface area contributed by atoms with Crippen LogP contribution in [0.15, 0.2) is 6.33 Å². The van der Waals surface area contributed by atoms with Crippen molar-refractivity contribution >= 4 is 17.3 Å². The molecule has 1 aliphatic carbocycles. The van der Waals surface area contributed by atoms with Crippen LogP contribution >= 0.6 is 0 Å². The van der Waals surface area contributed by atoms with Crippen LogP contribution in [0.2, 0.25) is 0 Å². The van der Waals surface area contributed by atoms with E-state index in [1.807, 2.05) is 0 Å². The van der Waals surface area contributed by atoms with Crippen LogP contribution in [0, 0.1) is 22.0 Å². The van der Waals surface area contributed by atoms with E-state index in [-0.39, 0.29) is 17.5 Å². The van der Waals surface area contributed by atoms with Gasteiger partial charge >= 0.3 is 5.69 Å². The highest BCUT2D eigenvalue weighted by Gasteiger charge is 2.30. The Labute approximate surface area is 118 Å². The third-order valence-corrected chi connectivity index (χ3v) is 4.27. The summed E-state index contributed by atoms with van der Waals surface area (Å²) in [4.78, 5) is 18.8. The molecule has 0 bridgehead atoms. The molecule has 1 aromatic heterocycles. The van der Waals surface area contributed by atoms with Crippen LogP contribution in [0.4, 0.5) is 17.3 Å². The average molecular weight is 279 g/mol. The highest BCUT2D eigenvalue weighted by Crippen LogP contribution is 2.34. The second kappa shape index (κ2) is 6.02. The maximum atomic E-state index is 11.2. The number of aromatic nitrogens is 2. The smallest absolute Gasteiger partial charge is 0.353 e. The van der Waals surface area contributed by atoms with E-state index < -0.39 is 4.92 Å². The number of nitrogens with zero attached hydrogens (tertiary/aromatic N) is 3. The summed E-state index contributed by atoms with van der Waals surface area (Å²) in [5.41, 5.74) is -0.0829. The molecule has 3 unspecified atom stereocenters. The highest BCUT2D eigenvalue weighted by molar-refractivity contribution is 5.69. The molecule has 7 heteroatoms. The topological polar surface area (TPSA) is 93.0 Å². The van der Waals surface area contributed by atoms with Crippen molar-refractivity contribution in [1.29, 1.82) is 0 Å². The second-order valence-corrected chi connectivity index (χ2v) is 5.44. The quantitative estimate of drug-likeness (QED) is 0.650. The monoisotopic (exact) mass is 279 g/mol. The molecular weight excluding hydrogens is 258 g/mol. The van der Waals surface area contributed by atoms with Gasteiger partial charge in [0.1, 0.15) is 6.33 Å². The third-order valence-electron chi connectivity index (χ3n) is 4.27. The van der Waals surface area contributed by atoms with Crippen molar-refractivity contribution in [1.82, 2.24) is 9.97 Å². The largest absolute Gasteiger partial charge is 0.367 e. The van der Waals surface area contributed by atoms with E-state index in [0.717, 1.165) is 12.8 Å². The Kier molecular flexibility index (Phi) is 4.36. The van der Waals surface area contributed by atoms with Crippen molar-refractivity contribution in [3.05, 3.63) is 16.4 Å². The molecule has 0 amide bonds. The molecule has 1 aromatic rings. The summed E-state index contributed by atoms with van der Waals surface area (Å²) in [6.45, 7) is 4.42.